The number of amides is 1. The zero-order chi connectivity index (χ0) is 10.7. The van der Waals surface area contributed by atoms with E-state index < -0.39 is 5.82 Å². The second kappa shape index (κ2) is 4.30. The zero-order valence-corrected chi connectivity index (χ0v) is 7.75. The minimum atomic E-state index is -0.435. The van der Waals surface area contributed by atoms with Gasteiger partial charge in [0.1, 0.15) is 17.7 Å². The molecule has 0 radical (unpaired) electrons. The van der Waals surface area contributed by atoms with Crippen LogP contribution in [0.4, 0.5) is 10.2 Å². The Morgan fingerprint density at radius 2 is 2.47 bits per heavy atom. The first kappa shape index (κ1) is 9.97. The Morgan fingerprint density at radius 3 is 3.07 bits per heavy atom. The van der Waals surface area contributed by atoms with Crippen molar-refractivity contribution in [2.45, 2.75) is 6.04 Å². The Labute approximate surface area is 85.2 Å². The highest BCUT2D eigenvalue weighted by molar-refractivity contribution is 5.94. The van der Waals surface area contributed by atoms with Crippen LogP contribution in [0.5, 0.6) is 0 Å². The Bertz CT molecular complexity index is 349. The quantitative estimate of drug-likeness (QED) is 0.512. The van der Waals surface area contributed by atoms with Crippen molar-refractivity contribution in [2.75, 3.05) is 11.9 Å². The van der Waals surface area contributed by atoms with Gasteiger partial charge in [0.25, 0.3) is 0 Å². The molecule has 0 aromatic carbocycles. The van der Waals surface area contributed by atoms with E-state index >= 15 is 0 Å². The SMILES string of the molecule is O=C(Nc1ccc(F)cn1)C1CNNN1. The van der Waals surface area contributed by atoms with E-state index in [1.807, 2.05) is 0 Å². The number of nitrogens with zero attached hydrogens (tertiary/aromatic N) is 1. The third-order valence-electron chi connectivity index (χ3n) is 1.94. The van der Waals surface area contributed by atoms with E-state index in [0.717, 1.165) is 6.20 Å². The molecule has 2 rings (SSSR count). The van der Waals surface area contributed by atoms with Crippen molar-refractivity contribution in [3.05, 3.63) is 24.1 Å². The number of halogens is 1. The fourth-order valence-corrected chi connectivity index (χ4v) is 1.16. The van der Waals surface area contributed by atoms with Crippen molar-refractivity contribution in [3.8, 4) is 0 Å². The number of carbonyl (C=O) groups is 1. The molecule has 0 bridgehead atoms. The molecule has 1 fully saturated rings. The van der Waals surface area contributed by atoms with Crippen LogP contribution < -0.4 is 21.7 Å². The number of aromatic nitrogens is 1. The van der Waals surface area contributed by atoms with E-state index in [1.165, 1.54) is 12.1 Å². The topological polar surface area (TPSA) is 78.1 Å². The van der Waals surface area contributed by atoms with E-state index in [4.69, 9.17) is 0 Å². The van der Waals surface area contributed by atoms with Gasteiger partial charge in [-0.3, -0.25) is 4.79 Å². The number of hydrazine groups is 2. The van der Waals surface area contributed by atoms with Gasteiger partial charge in [0, 0.05) is 6.54 Å². The number of rotatable bonds is 2. The van der Waals surface area contributed by atoms with Crippen molar-refractivity contribution in [1.82, 2.24) is 21.4 Å². The standard InChI is InChI=1S/C8H10FN5O/c9-5-1-2-7(10-3-5)12-8(15)6-4-11-14-13-6/h1-3,6,11,13-14H,4H2,(H,10,12,15). The summed E-state index contributed by atoms with van der Waals surface area (Å²) in [6.45, 7) is 0.479. The van der Waals surface area contributed by atoms with Gasteiger partial charge < -0.3 is 5.32 Å². The van der Waals surface area contributed by atoms with E-state index in [1.54, 1.807) is 0 Å². The number of anilines is 1. The van der Waals surface area contributed by atoms with Gasteiger partial charge in [-0.1, -0.05) is 0 Å². The van der Waals surface area contributed by atoms with Gasteiger partial charge in [-0.2, -0.15) is 5.53 Å². The Morgan fingerprint density at radius 1 is 1.60 bits per heavy atom. The van der Waals surface area contributed by atoms with Gasteiger partial charge in [0.2, 0.25) is 5.91 Å². The molecule has 15 heavy (non-hydrogen) atoms. The highest BCUT2D eigenvalue weighted by Crippen LogP contribution is 2.04. The molecule has 0 saturated carbocycles. The molecule has 1 aliphatic heterocycles. The fraction of sp³-hybridized carbons (Fsp3) is 0.250. The summed E-state index contributed by atoms with van der Waals surface area (Å²) in [6.07, 6.45) is 1.05. The second-order valence-electron chi connectivity index (χ2n) is 3.05. The molecule has 2 heterocycles. The molecule has 1 aromatic rings. The molecule has 1 aliphatic rings. The zero-order valence-electron chi connectivity index (χ0n) is 7.75. The molecule has 7 heteroatoms. The number of pyridine rings is 1. The third kappa shape index (κ3) is 2.46. The van der Waals surface area contributed by atoms with E-state index in [9.17, 15) is 9.18 Å². The maximum absolute atomic E-state index is 12.5. The monoisotopic (exact) mass is 211 g/mol. The van der Waals surface area contributed by atoms with Crippen LogP contribution in [0.3, 0.4) is 0 Å². The van der Waals surface area contributed by atoms with Crippen molar-refractivity contribution >= 4 is 11.7 Å². The van der Waals surface area contributed by atoms with Crippen LogP contribution in [-0.2, 0) is 4.79 Å². The van der Waals surface area contributed by atoms with Crippen LogP contribution in [0.15, 0.2) is 18.3 Å². The number of hydrogen-bond donors (Lipinski definition) is 4. The molecular weight excluding hydrogens is 201 g/mol. The first-order chi connectivity index (χ1) is 7.25. The lowest BCUT2D eigenvalue weighted by Crippen LogP contribution is -2.41. The summed E-state index contributed by atoms with van der Waals surface area (Å²) in [7, 11) is 0. The Hall–Kier alpha value is -1.57. The first-order valence-corrected chi connectivity index (χ1v) is 4.41. The first-order valence-electron chi connectivity index (χ1n) is 4.41. The predicted octanol–water partition coefficient (Wildman–Crippen LogP) is -0.860. The van der Waals surface area contributed by atoms with Gasteiger partial charge in [-0.25, -0.2) is 20.2 Å². The molecule has 1 amide bonds. The molecule has 0 spiro atoms. The molecule has 1 atom stereocenters. The van der Waals surface area contributed by atoms with Crippen molar-refractivity contribution in [2.24, 2.45) is 0 Å². The molecule has 1 saturated heterocycles. The van der Waals surface area contributed by atoms with E-state index in [-0.39, 0.29) is 11.9 Å². The maximum Gasteiger partial charge on any atom is 0.245 e. The highest BCUT2D eigenvalue weighted by atomic mass is 19.1. The van der Waals surface area contributed by atoms with Crippen LogP contribution in [0.1, 0.15) is 0 Å². The lowest BCUT2D eigenvalue weighted by atomic mass is 10.3. The smallest absolute Gasteiger partial charge is 0.245 e. The largest absolute Gasteiger partial charge is 0.309 e. The molecular formula is C8H10FN5O. The summed E-state index contributed by atoms with van der Waals surface area (Å²) >= 11 is 0. The van der Waals surface area contributed by atoms with Gasteiger partial charge in [-0.05, 0) is 12.1 Å². The molecule has 1 unspecified atom stereocenters. The third-order valence-corrected chi connectivity index (χ3v) is 1.94. The minimum Gasteiger partial charge on any atom is -0.309 e. The van der Waals surface area contributed by atoms with Gasteiger partial charge in [-0.15, -0.1) is 0 Å². The van der Waals surface area contributed by atoms with Crippen LogP contribution >= 0.6 is 0 Å². The molecule has 6 nitrogen and oxygen atoms in total. The summed E-state index contributed by atoms with van der Waals surface area (Å²) in [5.41, 5.74) is 8.07. The molecule has 1 aromatic heterocycles. The fourth-order valence-electron chi connectivity index (χ4n) is 1.16. The number of hydrogen-bond acceptors (Lipinski definition) is 5. The van der Waals surface area contributed by atoms with Crippen LogP contribution in [0, 0.1) is 5.82 Å². The minimum absolute atomic E-state index is 0.230. The van der Waals surface area contributed by atoms with E-state index in [2.05, 4.69) is 26.7 Å². The average Bonchev–Trinajstić information content (AvgIpc) is 2.74. The van der Waals surface area contributed by atoms with Crippen LogP contribution in [0.25, 0.3) is 0 Å². The number of carbonyl (C=O) groups excluding carboxylic acids is 1. The lowest BCUT2D eigenvalue weighted by Gasteiger charge is -2.08. The Balaban J connectivity index is 1.96. The predicted molar refractivity (Wildman–Crippen MR) is 50.9 cm³/mol. The Kier molecular flexibility index (Phi) is 2.86. The van der Waals surface area contributed by atoms with Gasteiger partial charge >= 0.3 is 0 Å². The summed E-state index contributed by atoms with van der Waals surface area (Å²) < 4.78 is 12.5. The van der Waals surface area contributed by atoms with Crippen molar-refractivity contribution in [3.63, 3.8) is 0 Å². The van der Waals surface area contributed by atoms with Crippen LogP contribution in [0.2, 0.25) is 0 Å². The van der Waals surface area contributed by atoms with E-state index in [0.29, 0.717) is 12.4 Å². The summed E-state index contributed by atoms with van der Waals surface area (Å²) in [4.78, 5) is 15.2. The van der Waals surface area contributed by atoms with Crippen molar-refractivity contribution in [1.29, 1.82) is 0 Å². The number of nitrogens with one attached hydrogen (secondary N) is 4. The summed E-state index contributed by atoms with van der Waals surface area (Å²) in [5, 5.41) is 2.55. The molecule has 80 valence electrons. The van der Waals surface area contributed by atoms with Crippen molar-refractivity contribution < 1.29 is 9.18 Å². The summed E-state index contributed by atoms with van der Waals surface area (Å²) in [6, 6.07) is 2.28. The molecule has 4 N–H and O–H groups in total. The average molecular weight is 211 g/mol. The lowest BCUT2D eigenvalue weighted by molar-refractivity contribution is -0.117. The maximum atomic E-state index is 12.5. The highest BCUT2D eigenvalue weighted by Gasteiger charge is 2.21. The molecule has 0 aliphatic carbocycles. The van der Waals surface area contributed by atoms with Gasteiger partial charge in [0.05, 0.1) is 6.20 Å². The van der Waals surface area contributed by atoms with Crippen LogP contribution in [-0.4, -0.2) is 23.5 Å². The summed E-state index contributed by atoms with van der Waals surface area (Å²) in [5.74, 6) is -0.336. The second-order valence-corrected chi connectivity index (χ2v) is 3.05. The van der Waals surface area contributed by atoms with Gasteiger partial charge in [0.15, 0.2) is 0 Å². The normalized spacial score (nSPS) is 20.2.